The van der Waals surface area contributed by atoms with Crippen molar-refractivity contribution in [2.45, 2.75) is 32.9 Å². The van der Waals surface area contributed by atoms with Gasteiger partial charge in [0.25, 0.3) is 0 Å². The summed E-state index contributed by atoms with van der Waals surface area (Å²) in [4.78, 5) is 16.6. The molecule has 0 unspecified atom stereocenters. The lowest BCUT2D eigenvalue weighted by Crippen LogP contribution is -2.18. The molecule has 10 nitrogen and oxygen atoms in total. The molecule has 0 fully saturated rings. The average molecular weight is 470 g/mol. The SMILES string of the molecule is CC(=N\C(F)F)/C(=C\N)c1cnc2cc1O[C@@H](C)CCOc1c(cnn1C)-c1nccc(n1)N2. The molecule has 0 radical (unpaired) electrons. The Morgan fingerprint density at radius 1 is 1.32 bits per heavy atom. The minimum absolute atomic E-state index is 0.0689. The highest BCUT2D eigenvalue weighted by molar-refractivity contribution is 6.23. The Morgan fingerprint density at radius 2 is 2.15 bits per heavy atom. The van der Waals surface area contributed by atoms with Gasteiger partial charge in [-0.1, -0.05) is 0 Å². The molecule has 0 saturated heterocycles. The van der Waals surface area contributed by atoms with Gasteiger partial charge < -0.3 is 20.5 Å². The van der Waals surface area contributed by atoms with Crippen molar-refractivity contribution in [2.75, 3.05) is 11.9 Å². The molecule has 3 aromatic rings. The van der Waals surface area contributed by atoms with Crippen molar-refractivity contribution in [3.8, 4) is 23.0 Å². The first-order valence-electron chi connectivity index (χ1n) is 10.5. The van der Waals surface area contributed by atoms with Gasteiger partial charge in [0.2, 0.25) is 5.88 Å². The van der Waals surface area contributed by atoms with E-state index in [0.29, 0.717) is 58.8 Å². The summed E-state index contributed by atoms with van der Waals surface area (Å²) in [5, 5.41) is 7.39. The smallest absolute Gasteiger partial charge is 0.332 e. The molecule has 0 spiro atoms. The first-order chi connectivity index (χ1) is 16.4. The molecule has 1 aliphatic heterocycles. The topological polar surface area (TPSA) is 125 Å². The van der Waals surface area contributed by atoms with E-state index in [4.69, 9.17) is 15.2 Å². The van der Waals surface area contributed by atoms with E-state index in [9.17, 15) is 8.78 Å². The van der Waals surface area contributed by atoms with Crippen LogP contribution < -0.4 is 20.5 Å². The summed E-state index contributed by atoms with van der Waals surface area (Å²) < 4.78 is 39.5. The van der Waals surface area contributed by atoms with Crippen LogP contribution in [-0.2, 0) is 7.05 Å². The molecule has 0 saturated carbocycles. The highest BCUT2D eigenvalue weighted by Crippen LogP contribution is 2.32. The summed E-state index contributed by atoms with van der Waals surface area (Å²) in [6.45, 7) is 0.815. The number of anilines is 2. The number of nitrogens with two attached hydrogens (primary N) is 1. The van der Waals surface area contributed by atoms with Crippen LogP contribution in [0.2, 0.25) is 0 Å². The van der Waals surface area contributed by atoms with Gasteiger partial charge in [0.1, 0.15) is 22.9 Å². The maximum absolute atomic E-state index is 12.9. The van der Waals surface area contributed by atoms with E-state index in [-0.39, 0.29) is 11.8 Å². The van der Waals surface area contributed by atoms with E-state index in [0.717, 1.165) is 0 Å². The molecule has 1 aliphatic rings. The van der Waals surface area contributed by atoms with Crippen LogP contribution in [0.3, 0.4) is 0 Å². The minimum atomic E-state index is -2.86. The number of hydrogen-bond acceptors (Lipinski definition) is 9. The van der Waals surface area contributed by atoms with Gasteiger partial charge in [-0.15, -0.1) is 0 Å². The molecular formula is C22H24F2N8O2. The van der Waals surface area contributed by atoms with E-state index in [1.807, 2.05) is 6.92 Å². The van der Waals surface area contributed by atoms with Crippen LogP contribution >= 0.6 is 0 Å². The molecule has 4 rings (SSSR count). The van der Waals surface area contributed by atoms with Crippen LogP contribution in [0.5, 0.6) is 11.6 Å². The molecule has 178 valence electrons. The monoisotopic (exact) mass is 470 g/mol. The lowest BCUT2D eigenvalue weighted by atomic mass is 10.0. The van der Waals surface area contributed by atoms with Gasteiger partial charge in [0.15, 0.2) is 5.82 Å². The number of hydrogen-bond donors (Lipinski definition) is 2. The second-order valence-corrected chi connectivity index (χ2v) is 7.58. The molecule has 4 bridgehead atoms. The predicted molar refractivity (Wildman–Crippen MR) is 123 cm³/mol. The number of alkyl halides is 2. The maximum atomic E-state index is 12.9. The van der Waals surface area contributed by atoms with Crippen LogP contribution in [0.15, 0.2) is 41.9 Å². The normalized spacial score (nSPS) is 16.7. The number of ether oxygens (including phenoxy) is 2. The van der Waals surface area contributed by atoms with Crippen molar-refractivity contribution in [3.05, 3.63) is 42.5 Å². The van der Waals surface area contributed by atoms with Gasteiger partial charge in [-0.2, -0.15) is 13.9 Å². The highest BCUT2D eigenvalue weighted by atomic mass is 19.3. The highest BCUT2D eigenvalue weighted by Gasteiger charge is 2.20. The number of nitrogens with zero attached hydrogens (tertiary/aromatic N) is 6. The van der Waals surface area contributed by atoms with E-state index >= 15 is 0 Å². The van der Waals surface area contributed by atoms with Crippen molar-refractivity contribution < 1.29 is 18.3 Å². The van der Waals surface area contributed by atoms with Crippen molar-refractivity contribution in [2.24, 2.45) is 17.8 Å². The molecule has 12 heteroatoms. The van der Waals surface area contributed by atoms with E-state index in [2.05, 4.69) is 30.4 Å². The molecular weight excluding hydrogens is 446 g/mol. The van der Waals surface area contributed by atoms with E-state index < -0.39 is 6.55 Å². The van der Waals surface area contributed by atoms with Gasteiger partial charge in [-0.3, -0.25) is 0 Å². The van der Waals surface area contributed by atoms with E-state index in [1.165, 1.54) is 19.3 Å². The third kappa shape index (κ3) is 4.95. The van der Waals surface area contributed by atoms with Gasteiger partial charge >= 0.3 is 6.55 Å². The zero-order valence-corrected chi connectivity index (χ0v) is 18.9. The number of fused-ring (bicyclic) bond motifs is 6. The number of pyridine rings is 1. The van der Waals surface area contributed by atoms with Crippen LogP contribution in [0.4, 0.5) is 20.4 Å². The number of aromatic nitrogens is 5. The third-order valence-electron chi connectivity index (χ3n) is 5.13. The summed E-state index contributed by atoms with van der Waals surface area (Å²) >= 11 is 0. The lowest BCUT2D eigenvalue weighted by molar-refractivity contribution is 0.160. The Kier molecular flexibility index (Phi) is 6.66. The van der Waals surface area contributed by atoms with Crippen LogP contribution in [0.1, 0.15) is 25.8 Å². The summed E-state index contributed by atoms with van der Waals surface area (Å²) in [7, 11) is 1.77. The molecule has 3 N–H and O–H groups in total. The number of allylic oxidation sites excluding steroid dienone is 1. The second kappa shape index (κ2) is 9.81. The molecule has 3 aromatic heterocycles. The molecule has 0 aliphatic carbocycles. The summed E-state index contributed by atoms with van der Waals surface area (Å²) in [6.07, 6.45) is 6.22. The molecule has 0 aromatic carbocycles. The first-order valence-corrected chi connectivity index (χ1v) is 10.5. The lowest BCUT2D eigenvalue weighted by Gasteiger charge is -2.20. The first kappa shape index (κ1) is 23.1. The summed E-state index contributed by atoms with van der Waals surface area (Å²) in [6, 6.07) is 3.35. The van der Waals surface area contributed by atoms with Gasteiger partial charge in [-0.25, -0.2) is 24.6 Å². The fourth-order valence-electron chi connectivity index (χ4n) is 3.46. The number of aliphatic imine (C=N–C) groups is 1. The Hall–Kier alpha value is -4.09. The zero-order chi connectivity index (χ0) is 24.2. The number of rotatable bonds is 3. The zero-order valence-electron chi connectivity index (χ0n) is 18.9. The Bertz CT molecular complexity index is 1240. The third-order valence-corrected chi connectivity index (χ3v) is 5.13. The van der Waals surface area contributed by atoms with Crippen molar-refractivity contribution in [1.82, 2.24) is 24.7 Å². The van der Waals surface area contributed by atoms with Gasteiger partial charge in [-0.05, 0) is 19.9 Å². The number of nitrogens with one attached hydrogen (secondary N) is 1. The average Bonchev–Trinajstić information content (AvgIpc) is 3.15. The predicted octanol–water partition coefficient (Wildman–Crippen LogP) is 3.55. The standard InChI is InChI=1S/C22H24F2N8O2/c1-12-5-7-33-21-16(11-28-32(21)3)20-26-6-4-18(31-20)30-19-8-17(34-12)15(10-27-19)14(9-25)13(2)29-22(23)24/h4,6,8-12,22H,5,7,25H2,1-3H3,(H,26,27,30,31)/b14-9+,29-13+/t12-/m0/s1. The summed E-state index contributed by atoms with van der Waals surface area (Å²) in [5.74, 6) is 2.30. The molecule has 34 heavy (non-hydrogen) atoms. The molecule has 1 atom stereocenters. The van der Waals surface area contributed by atoms with Crippen LogP contribution in [-0.4, -0.2) is 49.7 Å². The van der Waals surface area contributed by atoms with Crippen molar-refractivity contribution in [1.29, 1.82) is 0 Å². The van der Waals surface area contributed by atoms with Crippen molar-refractivity contribution >= 4 is 22.9 Å². The minimum Gasteiger partial charge on any atom is -0.490 e. The molecule has 4 heterocycles. The van der Waals surface area contributed by atoms with Crippen LogP contribution in [0, 0.1) is 0 Å². The quantitative estimate of drug-likeness (QED) is 0.440. The number of aryl methyl sites for hydroxylation is 1. The maximum Gasteiger partial charge on any atom is 0.332 e. The summed E-state index contributed by atoms with van der Waals surface area (Å²) in [5.41, 5.74) is 7.22. The fraction of sp³-hybridized carbons (Fsp3) is 0.318. The van der Waals surface area contributed by atoms with Gasteiger partial charge in [0, 0.05) is 55.0 Å². The Balaban J connectivity index is 1.77. The van der Waals surface area contributed by atoms with Crippen LogP contribution in [0.25, 0.3) is 17.0 Å². The Morgan fingerprint density at radius 3 is 2.91 bits per heavy atom. The number of halogens is 2. The second-order valence-electron chi connectivity index (χ2n) is 7.58. The molecule has 0 amide bonds. The fourth-order valence-corrected chi connectivity index (χ4v) is 3.46. The van der Waals surface area contributed by atoms with Gasteiger partial charge in [0.05, 0.1) is 18.9 Å². The van der Waals surface area contributed by atoms with Crippen molar-refractivity contribution in [3.63, 3.8) is 0 Å². The van der Waals surface area contributed by atoms with E-state index in [1.54, 1.807) is 36.3 Å². The Labute approximate surface area is 194 Å². The largest absolute Gasteiger partial charge is 0.490 e.